The molecule has 1 aliphatic rings. The predicted octanol–water partition coefficient (Wildman–Crippen LogP) is 0.162. The van der Waals surface area contributed by atoms with Gasteiger partial charge in [-0.05, 0) is 6.92 Å². The van der Waals surface area contributed by atoms with E-state index in [9.17, 15) is 0 Å². The van der Waals surface area contributed by atoms with Gasteiger partial charge >= 0.3 is 0 Å². The standard InChI is InChI=1S/C6H9N5/c1-3-4-5(9-2-8-4)11-6(7)10-3/h8H,2H2,1H3,(H3,7,9,10,11). The zero-order valence-corrected chi connectivity index (χ0v) is 6.18. The quantitative estimate of drug-likeness (QED) is 0.492. The Balaban J connectivity index is 2.60. The van der Waals surface area contributed by atoms with Crippen LogP contribution in [0.2, 0.25) is 0 Å². The zero-order valence-electron chi connectivity index (χ0n) is 6.18. The first-order valence-electron chi connectivity index (χ1n) is 3.39. The minimum absolute atomic E-state index is 0.317. The molecule has 0 radical (unpaired) electrons. The Hall–Kier alpha value is -1.52. The van der Waals surface area contributed by atoms with Crippen LogP contribution in [0, 0.1) is 6.92 Å². The van der Waals surface area contributed by atoms with E-state index >= 15 is 0 Å². The number of nitrogens with zero attached hydrogens (tertiary/aromatic N) is 2. The lowest BCUT2D eigenvalue weighted by atomic mass is 10.3. The van der Waals surface area contributed by atoms with Gasteiger partial charge in [-0.15, -0.1) is 0 Å². The van der Waals surface area contributed by atoms with Crippen LogP contribution >= 0.6 is 0 Å². The molecule has 1 aromatic rings. The maximum Gasteiger partial charge on any atom is 0.222 e. The highest BCUT2D eigenvalue weighted by Gasteiger charge is 2.14. The molecule has 0 amide bonds. The molecule has 2 rings (SSSR count). The molecule has 0 saturated heterocycles. The lowest BCUT2D eigenvalue weighted by molar-refractivity contribution is 1.14. The third-order valence-electron chi connectivity index (χ3n) is 1.63. The molecule has 4 N–H and O–H groups in total. The Labute approximate surface area is 64.0 Å². The molecule has 1 aliphatic heterocycles. The Morgan fingerprint density at radius 1 is 1.36 bits per heavy atom. The van der Waals surface area contributed by atoms with Gasteiger partial charge in [0, 0.05) is 0 Å². The first-order chi connectivity index (χ1) is 5.27. The average Bonchev–Trinajstić information content (AvgIpc) is 2.34. The number of anilines is 3. The van der Waals surface area contributed by atoms with Crippen LogP contribution in [0.25, 0.3) is 0 Å². The molecule has 0 atom stereocenters. The Bertz CT molecular complexity index is 295. The monoisotopic (exact) mass is 151 g/mol. The zero-order chi connectivity index (χ0) is 7.84. The molecule has 0 fully saturated rings. The van der Waals surface area contributed by atoms with E-state index in [2.05, 4.69) is 20.6 Å². The number of hydrogen-bond acceptors (Lipinski definition) is 5. The number of fused-ring (bicyclic) bond motifs is 1. The van der Waals surface area contributed by atoms with Crippen molar-refractivity contribution in [2.75, 3.05) is 23.0 Å². The lowest BCUT2D eigenvalue weighted by Crippen LogP contribution is -1.99. The van der Waals surface area contributed by atoms with Crippen LogP contribution in [0.5, 0.6) is 0 Å². The van der Waals surface area contributed by atoms with E-state index in [1.54, 1.807) is 0 Å². The van der Waals surface area contributed by atoms with Gasteiger partial charge in [0.25, 0.3) is 0 Å². The van der Waals surface area contributed by atoms with Crippen LogP contribution in [0.4, 0.5) is 17.5 Å². The smallest absolute Gasteiger partial charge is 0.222 e. The van der Waals surface area contributed by atoms with E-state index in [-0.39, 0.29) is 0 Å². The summed E-state index contributed by atoms with van der Waals surface area (Å²) < 4.78 is 0. The van der Waals surface area contributed by atoms with E-state index in [0.717, 1.165) is 17.2 Å². The highest BCUT2D eigenvalue weighted by atomic mass is 15.2. The molecule has 0 aromatic carbocycles. The van der Waals surface area contributed by atoms with Gasteiger partial charge < -0.3 is 16.4 Å². The van der Waals surface area contributed by atoms with E-state index in [1.165, 1.54) is 0 Å². The number of nitrogens with two attached hydrogens (primary N) is 1. The van der Waals surface area contributed by atoms with Crippen molar-refractivity contribution in [2.24, 2.45) is 0 Å². The lowest BCUT2D eigenvalue weighted by Gasteiger charge is -2.01. The summed E-state index contributed by atoms with van der Waals surface area (Å²) in [5.41, 5.74) is 7.29. The largest absolute Gasteiger partial charge is 0.368 e. The van der Waals surface area contributed by atoms with Gasteiger partial charge in [0.15, 0.2) is 5.82 Å². The second-order valence-corrected chi connectivity index (χ2v) is 2.42. The van der Waals surface area contributed by atoms with Crippen LogP contribution in [-0.4, -0.2) is 16.6 Å². The maximum absolute atomic E-state index is 5.44. The van der Waals surface area contributed by atoms with Crippen LogP contribution in [0.15, 0.2) is 0 Å². The maximum atomic E-state index is 5.44. The second kappa shape index (κ2) is 1.98. The van der Waals surface area contributed by atoms with Crippen molar-refractivity contribution < 1.29 is 0 Å². The summed E-state index contributed by atoms with van der Waals surface area (Å²) >= 11 is 0. The van der Waals surface area contributed by atoms with Crippen LogP contribution in [0.3, 0.4) is 0 Å². The molecular weight excluding hydrogens is 142 g/mol. The minimum atomic E-state index is 0.317. The summed E-state index contributed by atoms with van der Waals surface area (Å²) in [5.74, 6) is 1.12. The molecular formula is C6H9N5. The number of aromatic nitrogens is 2. The summed E-state index contributed by atoms with van der Waals surface area (Å²) in [6, 6.07) is 0. The third-order valence-corrected chi connectivity index (χ3v) is 1.63. The van der Waals surface area contributed by atoms with Crippen molar-refractivity contribution in [2.45, 2.75) is 6.92 Å². The molecule has 11 heavy (non-hydrogen) atoms. The summed E-state index contributed by atoms with van der Waals surface area (Å²) in [4.78, 5) is 8.02. The molecule has 58 valence electrons. The Morgan fingerprint density at radius 3 is 3.00 bits per heavy atom. The van der Waals surface area contributed by atoms with Gasteiger partial charge in [0.05, 0.1) is 12.4 Å². The highest BCUT2D eigenvalue weighted by Crippen LogP contribution is 2.26. The van der Waals surface area contributed by atoms with Crippen molar-refractivity contribution >= 4 is 17.5 Å². The van der Waals surface area contributed by atoms with E-state index in [4.69, 9.17) is 5.73 Å². The normalized spacial score (nSPS) is 13.5. The third kappa shape index (κ3) is 0.849. The topological polar surface area (TPSA) is 75.9 Å². The summed E-state index contributed by atoms with van der Waals surface area (Å²) in [7, 11) is 0. The fourth-order valence-corrected chi connectivity index (χ4v) is 1.15. The number of rotatable bonds is 0. The van der Waals surface area contributed by atoms with Crippen LogP contribution < -0.4 is 16.4 Å². The van der Waals surface area contributed by atoms with E-state index in [1.807, 2.05) is 6.92 Å². The molecule has 0 spiro atoms. The fourth-order valence-electron chi connectivity index (χ4n) is 1.15. The van der Waals surface area contributed by atoms with Crippen molar-refractivity contribution in [3.05, 3.63) is 5.69 Å². The second-order valence-electron chi connectivity index (χ2n) is 2.42. The molecule has 5 heteroatoms. The number of nitrogens with one attached hydrogen (secondary N) is 2. The van der Waals surface area contributed by atoms with Crippen LogP contribution in [0.1, 0.15) is 5.69 Å². The van der Waals surface area contributed by atoms with Gasteiger partial charge in [-0.3, -0.25) is 0 Å². The van der Waals surface area contributed by atoms with Gasteiger partial charge in [0.2, 0.25) is 5.95 Å². The Kier molecular flexibility index (Phi) is 1.12. The molecule has 1 aromatic heterocycles. The molecule has 5 nitrogen and oxygen atoms in total. The van der Waals surface area contributed by atoms with Crippen molar-refractivity contribution in [1.29, 1.82) is 0 Å². The summed E-state index contributed by atoms with van der Waals surface area (Å²) in [5, 5.41) is 6.14. The number of nitrogen functional groups attached to an aromatic ring is 1. The molecule has 0 unspecified atom stereocenters. The molecule has 0 bridgehead atoms. The van der Waals surface area contributed by atoms with Crippen molar-refractivity contribution in [3.63, 3.8) is 0 Å². The summed E-state index contributed by atoms with van der Waals surface area (Å²) in [6.07, 6.45) is 0. The van der Waals surface area contributed by atoms with E-state index < -0.39 is 0 Å². The summed E-state index contributed by atoms with van der Waals surface area (Å²) in [6.45, 7) is 2.60. The highest BCUT2D eigenvalue weighted by molar-refractivity contribution is 5.72. The average molecular weight is 151 g/mol. The van der Waals surface area contributed by atoms with E-state index in [0.29, 0.717) is 12.6 Å². The first kappa shape index (κ1) is 6.21. The van der Waals surface area contributed by atoms with Gasteiger partial charge in [-0.1, -0.05) is 0 Å². The molecule has 2 heterocycles. The van der Waals surface area contributed by atoms with Gasteiger partial charge in [-0.2, -0.15) is 4.98 Å². The molecule has 0 aliphatic carbocycles. The number of hydrogen-bond donors (Lipinski definition) is 3. The van der Waals surface area contributed by atoms with Crippen molar-refractivity contribution in [1.82, 2.24) is 9.97 Å². The van der Waals surface area contributed by atoms with Gasteiger partial charge in [-0.25, -0.2) is 4.98 Å². The van der Waals surface area contributed by atoms with Crippen LogP contribution in [-0.2, 0) is 0 Å². The van der Waals surface area contributed by atoms with Gasteiger partial charge in [0.1, 0.15) is 5.69 Å². The first-order valence-corrected chi connectivity index (χ1v) is 3.39. The SMILES string of the molecule is Cc1nc(N)nc2c1NCN2. The predicted molar refractivity (Wildman–Crippen MR) is 43.3 cm³/mol. The Morgan fingerprint density at radius 2 is 2.18 bits per heavy atom. The van der Waals surface area contributed by atoms with Crippen molar-refractivity contribution in [3.8, 4) is 0 Å². The minimum Gasteiger partial charge on any atom is -0.368 e. The number of aryl methyl sites for hydroxylation is 1. The fraction of sp³-hybridized carbons (Fsp3) is 0.333. The molecule has 0 saturated carbocycles.